The fourth-order valence-electron chi connectivity index (χ4n) is 5.29. The lowest BCUT2D eigenvalue weighted by Gasteiger charge is -2.24. The summed E-state index contributed by atoms with van der Waals surface area (Å²) in [6.07, 6.45) is 12.7. The quantitative estimate of drug-likeness (QED) is 0.813. The van der Waals surface area contributed by atoms with Crippen LogP contribution >= 0.6 is 0 Å². The lowest BCUT2D eigenvalue weighted by atomic mass is 10.0. The van der Waals surface area contributed by atoms with Gasteiger partial charge in [0.15, 0.2) is 0 Å². The highest BCUT2D eigenvalue weighted by atomic mass is 15.3. The van der Waals surface area contributed by atoms with Crippen LogP contribution in [0.4, 0.5) is 0 Å². The van der Waals surface area contributed by atoms with Crippen molar-refractivity contribution in [2.45, 2.75) is 88.8 Å². The molecule has 0 amide bonds. The topological polar surface area (TPSA) is 51.8 Å². The summed E-state index contributed by atoms with van der Waals surface area (Å²) in [6.45, 7) is 2.08. The average molecular weight is 367 g/mol. The van der Waals surface area contributed by atoms with Gasteiger partial charge in [-0.05, 0) is 70.8 Å². The SMILES string of the molecule is Cn1c(C2CCCN2Cc2nnc(C3CC3)n2C2CC2)nc2c1CCCC2. The van der Waals surface area contributed by atoms with Crippen molar-refractivity contribution in [1.82, 2.24) is 29.2 Å². The minimum absolute atomic E-state index is 0.439. The molecule has 1 unspecified atom stereocenters. The molecule has 1 atom stereocenters. The van der Waals surface area contributed by atoms with Crippen molar-refractivity contribution in [1.29, 1.82) is 0 Å². The molecule has 2 aromatic heterocycles. The van der Waals surface area contributed by atoms with E-state index in [4.69, 9.17) is 4.98 Å². The van der Waals surface area contributed by atoms with Crippen molar-refractivity contribution < 1.29 is 0 Å². The predicted octanol–water partition coefficient (Wildman–Crippen LogP) is 3.44. The first-order chi connectivity index (χ1) is 13.3. The first-order valence-electron chi connectivity index (χ1n) is 11.0. The smallest absolute Gasteiger partial charge is 0.147 e. The summed E-state index contributed by atoms with van der Waals surface area (Å²) in [4.78, 5) is 7.73. The number of aromatic nitrogens is 5. The highest BCUT2D eigenvalue weighted by molar-refractivity contribution is 5.22. The first-order valence-corrected chi connectivity index (χ1v) is 11.0. The van der Waals surface area contributed by atoms with Crippen molar-refractivity contribution in [3.8, 4) is 0 Å². The second-order valence-electron chi connectivity index (χ2n) is 9.11. The standard InChI is InChI=1S/C21H30N6/c1-25-17-6-3-2-5-16(17)22-21(25)18-7-4-12-26(18)13-19-23-24-20(14-8-9-14)27(19)15-10-11-15/h14-15,18H,2-13H2,1H3. The second-order valence-corrected chi connectivity index (χ2v) is 9.11. The molecule has 27 heavy (non-hydrogen) atoms. The highest BCUT2D eigenvalue weighted by Gasteiger charge is 2.38. The van der Waals surface area contributed by atoms with Crippen molar-refractivity contribution in [3.63, 3.8) is 0 Å². The molecule has 2 saturated carbocycles. The summed E-state index contributed by atoms with van der Waals surface area (Å²) in [6, 6.07) is 1.11. The van der Waals surface area contributed by atoms with Gasteiger partial charge in [0.1, 0.15) is 17.5 Å². The normalized spacial score (nSPS) is 25.9. The third kappa shape index (κ3) is 2.75. The number of hydrogen-bond acceptors (Lipinski definition) is 4. The molecule has 2 aromatic rings. The van der Waals surface area contributed by atoms with Gasteiger partial charge in [-0.3, -0.25) is 4.90 Å². The maximum Gasteiger partial charge on any atom is 0.147 e. The van der Waals surface area contributed by atoms with Crippen LogP contribution in [0.25, 0.3) is 0 Å². The Morgan fingerprint density at radius 3 is 2.56 bits per heavy atom. The highest BCUT2D eigenvalue weighted by Crippen LogP contribution is 2.45. The van der Waals surface area contributed by atoms with Crippen LogP contribution in [-0.4, -0.2) is 35.8 Å². The summed E-state index contributed by atoms with van der Waals surface area (Å²) in [7, 11) is 2.24. The molecule has 6 nitrogen and oxygen atoms in total. The second kappa shape index (κ2) is 6.16. The van der Waals surface area contributed by atoms with Gasteiger partial charge in [-0.25, -0.2) is 4.98 Å². The summed E-state index contributed by atoms with van der Waals surface area (Å²) in [5, 5.41) is 9.28. The molecule has 1 aliphatic heterocycles. The van der Waals surface area contributed by atoms with Gasteiger partial charge in [0.25, 0.3) is 0 Å². The van der Waals surface area contributed by atoms with Crippen LogP contribution in [0.5, 0.6) is 0 Å². The molecule has 144 valence electrons. The van der Waals surface area contributed by atoms with Crippen LogP contribution in [0.1, 0.15) is 98.2 Å². The maximum atomic E-state index is 5.12. The molecule has 0 spiro atoms. The van der Waals surface area contributed by atoms with Gasteiger partial charge in [0.2, 0.25) is 0 Å². The molecule has 3 fully saturated rings. The van der Waals surface area contributed by atoms with Gasteiger partial charge in [-0.15, -0.1) is 10.2 Å². The van der Waals surface area contributed by atoms with E-state index < -0.39 is 0 Å². The lowest BCUT2D eigenvalue weighted by molar-refractivity contribution is 0.226. The average Bonchev–Trinajstić information content (AvgIpc) is 3.60. The van der Waals surface area contributed by atoms with Crippen molar-refractivity contribution >= 4 is 0 Å². The number of fused-ring (bicyclic) bond motifs is 1. The van der Waals surface area contributed by atoms with Crippen molar-refractivity contribution in [2.75, 3.05) is 6.54 Å². The number of imidazole rings is 1. The molecule has 6 heteroatoms. The van der Waals surface area contributed by atoms with Gasteiger partial charge < -0.3 is 9.13 Å². The first kappa shape index (κ1) is 16.3. The summed E-state index contributed by atoms with van der Waals surface area (Å²) < 4.78 is 4.93. The third-order valence-corrected chi connectivity index (χ3v) is 7.06. The fraction of sp³-hybridized carbons (Fsp3) is 0.762. The van der Waals surface area contributed by atoms with Gasteiger partial charge in [0, 0.05) is 24.7 Å². The van der Waals surface area contributed by atoms with Crippen LogP contribution in [0.2, 0.25) is 0 Å². The zero-order chi connectivity index (χ0) is 18.0. The van der Waals surface area contributed by atoms with E-state index in [9.17, 15) is 0 Å². The Hall–Kier alpha value is -1.69. The predicted molar refractivity (Wildman–Crippen MR) is 103 cm³/mol. The summed E-state index contributed by atoms with van der Waals surface area (Å²) in [5.41, 5.74) is 2.85. The van der Waals surface area contributed by atoms with E-state index in [1.165, 1.54) is 86.6 Å². The minimum atomic E-state index is 0.439. The van der Waals surface area contributed by atoms with E-state index in [2.05, 4.69) is 31.3 Å². The monoisotopic (exact) mass is 366 g/mol. The maximum absolute atomic E-state index is 5.12. The molecular weight excluding hydrogens is 336 g/mol. The largest absolute Gasteiger partial charge is 0.334 e. The number of likely N-dealkylation sites (tertiary alicyclic amines) is 1. The Bertz CT molecular complexity index is 856. The Labute approximate surface area is 161 Å². The Morgan fingerprint density at radius 1 is 0.926 bits per heavy atom. The van der Waals surface area contributed by atoms with E-state index in [-0.39, 0.29) is 0 Å². The third-order valence-electron chi connectivity index (χ3n) is 7.06. The fourth-order valence-corrected chi connectivity index (χ4v) is 5.29. The van der Waals surface area contributed by atoms with Crippen LogP contribution in [0.15, 0.2) is 0 Å². The Kier molecular flexibility index (Phi) is 3.71. The molecular formula is C21H30N6. The van der Waals surface area contributed by atoms with E-state index in [1.807, 2.05) is 0 Å². The molecule has 0 aromatic carbocycles. The molecule has 3 heterocycles. The molecule has 1 saturated heterocycles. The summed E-state index contributed by atoms with van der Waals surface area (Å²) >= 11 is 0. The molecule has 4 aliphatic rings. The van der Waals surface area contributed by atoms with Crippen molar-refractivity contribution in [2.24, 2.45) is 7.05 Å². The van der Waals surface area contributed by atoms with E-state index in [0.29, 0.717) is 18.0 Å². The van der Waals surface area contributed by atoms with Gasteiger partial charge in [-0.2, -0.15) is 0 Å². The van der Waals surface area contributed by atoms with Crippen LogP contribution in [0.3, 0.4) is 0 Å². The van der Waals surface area contributed by atoms with Crippen LogP contribution in [0, 0.1) is 0 Å². The van der Waals surface area contributed by atoms with Gasteiger partial charge >= 0.3 is 0 Å². The molecule has 6 rings (SSSR count). The number of nitrogens with zero attached hydrogens (tertiary/aromatic N) is 6. The van der Waals surface area contributed by atoms with Crippen molar-refractivity contribution in [3.05, 3.63) is 28.9 Å². The summed E-state index contributed by atoms with van der Waals surface area (Å²) in [5.74, 6) is 4.45. The molecule has 0 N–H and O–H groups in total. The molecule has 0 radical (unpaired) electrons. The zero-order valence-electron chi connectivity index (χ0n) is 16.4. The zero-order valence-corrected chi connectivity index (χ0v) is 16.4. The minimum Gasteiger partial charge on any atom is -0.334 e. The van der Waals surface area contributed by atoms with E-state index in [0.717, 1.165) is 19.5 Å². The molecule has 0 bridgehead atoms. The van der Waals surface area contributed by atoms with Crippen LogP contribution < -0.4 is 0 Å². The van der Waals surface area contributed by atoms with Gasteiger partial charge in [-0.1, -0.05) is 0 Å². The lowest BCUT2D eigenvalue weighted by Crippen LogP contribution is -2.27. The number of rotatable bonds is 5. The Morgan fingerprint density at radius 2 is 1.78 bits per heavy atom. The van der Waals surface area contributed by atoms with Gasteiger partial charge in [0.05, 0.1) is 18.3 Å². The number of hydrogen-bond donors (Lipinski definition) is 0. The van der Waals surface area contributed by atoms with E-state index in [1.54, 1.807) is 0 Å². The van der Waals surface area contributed by atoms with E-state index >= 15 is 0 Å². The van der Waals surface area contributed by atoms with Crippen LogP contribution in [-0.2, 0) is 26.4 Å². The Balaban J connectivity index is 1.29. The molecule has 3 aliphatic carbocycles. The number of aryl methyl sites for hydroxylation is 1.